The smallest absolute Gasteiger partial charge is 0.270 e. The summed E-state index contributed by atoms with van der Waals surface area (Å²) in [5, 5.41) is 0. The summed E-state index contributed by atoms with van der Waals surface area (Å²) in [4.78, 5) is 19.2. The van der Waals surface area contributed by atoms with Gasteiger partial charge in [0.15, 0.2) is 0 Å². The van der Waals surface area contributed by atoms with Crippen molar-refractivity contribution in [3.8, 4) is 0 Å². The Bertz CT molecular complexity index is 731. The van der Waals surface area contributed by atoms with E-state index in [-0.39, 0.29) is 24.2 Å². The molecule has 1 saturated carbocycles. The summed E-state index contributed by atoms with van der Waals surface area (Å²) in [6.45, 7) is 1.67. The lowest BCUT2D eigenvalue weighted by Gasteiger charge is -2.39. The number of aryl methyl sites for hydroxylation is 1. The van der Waals surface area contributed by atoms with E-state index in [1.807, 2.05) is 53.0 Å². The van der Waals surface area contributed by atoms with Crippen molar-refractivity contribution < 1.29 is 14.3 Å². The first-order chi connectivity index (χ1) is 12.2. The Balaban J connectivity index is 1.43. The molecule has 2 aliphatic rings. The average Bonchev–Trinajstić information content (AvgIpc) is 3.26. The lowest BCUT2D eigenvalue weighted by Crippen LogP contribution is -2.54. The highest BCUT2D eigenvalue weighted by Crippen LogP contribution is 2.33. The molecule has 0 radical (unpaired) electrons. The standard InChI is InChI=1S/C19H23N3O3/c1-21-10-4-6-16(21)19(23)22-11-12-24-18-15(22)7-8-17(18)25-13-14-5-2-3-9-20-14/h2-6,9-10,15,17-18H,7-8,11-13H2,1H3/t15-,17-,18+/m0/s1. The Hall–Kier alpha value is -2.18. The van der Waals surface area contributed by atoms with E-state index in [4.69, 9.17) is 9.47 Å². The Labute approximate surface area is 147 Å². The van der Waals surface area contributed by atoms with Crippen molar-refractivity contribution in [2.45, 2.75) is 37.7 Å². The molecule has 25 heavy (non-hydrogen) atoms. The fourth-order valence-corrected chi connectivity index (χ4v) is 3.85. The van der Waals surface area contributed by atoms with Crippen LogP contribution in [0.2, 0.25) is 0 Å². The van der Waals surface area contributed by atoms with Crippen molar-refractivity contribution in [1.82, 2.24) is 14.5 Å². The number of rotatable bonds is 4. The van der Waals surface area contributed by atoms with Crippen molar-refractivity contribution in [2.24, 2.45) is 7.05 Å². The Morgan fingerprint density at radius 3 is 3.00 bits per heavy atom. The van der Waals surface area contributed by atoms with Gasteiger partial charge in [0, 0.05) is 26.0 Å². The Kier molecular flexibility index (Phi) is 4.55. The number of ether oxygens (including phenoxy) is 2. The second-order valence-corrected chi connectivity index (χ2v) is 6.65. The predicted molar refractivity (Wildman–Crippen MR) is 92.0 cm³/mol. The number of pyridine rings is 1. The van der Waals surface area contributed by atoms with Crippen LogP contribution in [0.5, 0.6) is 0 Å². The van der Waals surface area contributed by atoms with Crippen molar-refractivity contribution in [3.63, 3.8) is 0 Å². The van der Waals surface area contributed by atoms with E-state index in [0.717, 1.165) is 24.2 Å². The molecule has 0 spiro atoms. The average molecular weight is 341 g/mol. The number of hydrogen-bond acceptors (Lipinski definition) is 4. The summed E-state index contributed by atoms with van der Waals surface area (Å²) >= 11 is 0. The first-order valence-corrected chi connectivity index (χ1v) is 8.79. The molecule has 3 atom stereocenters. The fourth-order valence-electron chi connectivity index (χ4n) is 3.85. The molecule has 0 N–H and O–H groups in total. The van der Waals surface area contributed by atoms with Crippen LogP contribution in [0.15, 0.2) is 42.7 Å². The molecule has 0 unspecified atom stereocenters. The minimum absolute atomic E-state index is 0.0102. The molecule has 2 aromatic heterocycles. The summed E-state index contributed by atoms with van der Waals surface area (Å²) in [5.74, 6) is 0.0798. The van der Waals surface area contributed by atoms with E-state index < -0.39 is 0 Å². The summed E-state index contributed by atoms with van der Waals surface area (Å²) in [6, 6.07) is 9.67. The van der Waals surface area contributed by atoms with Gasteiger partial charge in [0.1, 0.15) is 11.8 Å². The van der Waals surface area contributed by atoms with Gasteiger partial charge in [-0.25, -0.2) is 0 Å². The van der Waals surface area contributed by atoms with E-state index in [1.54, 1.807) is 6.20 Å². The van der Waals surface area contributed by atoms with Gasteiger partial charge in [-0.15, -0.1) is 0 Å². The maximum absolute atomic E-state index is 12.9. The molecule has 0 aromatic carbocycles. The van der Waals surface area contributed by atoms with Crippen LogP contribution in [-0.2, 0) is 23.1 Å². The van der Waals surface area contributed by atoms with Crippen LogP contribution in [0.4, 0.5) is 0 Å². The van der Waals surface area contributed by atoms with Crippen molar-refractivity contribution in [2.75, 3.05) is 13.2 Å². The molecule has 1 saturated heterocycles. The van der Waals surface area contributed by atoms with Crippen LogP contribution in [0.1, 0.15) is 29.0 Å². The molecule has 2 fully saturated rings. The quantitative estimate of drug-likeness (QED) is 0.854. The van der Waals surface area contributed by atoms with Crippen molar-refractivity contribution in [1.29, 1.82) is 0 Å². The highest BCUT2D eigenvalue weighted by molar-refractivity contribution is 5.93. The number of morpholine rings is 1. The van der Waals surface area contributed by atoms with E-state index in [1.165, 1.54) is 0 Å². The summed E-state index contributed by atoms with van der Waals surface area (Å²) in [7, 11) is 1.90. The first-order valence-electron chi connectivity index (χ1n) is 8.79. The minimum Gasteiger partial charge on any atom is -0.372 e. The molecule has 3 heterocycles. The molecule has 1 aliphatic carbocycles. The topological polar surface area (TPSA) is 56.6 Å². The van der Waals surface area contributed by atoms with Gasteiger partial charge in [0.2, 0.25) is 0 Å². The van der Waals surface area contributed by atoms with Gasteiger partial charge >= 0.3 is 0 Å². The van der Waals surface area contributed by atoms with Crippen molar-refractivity contribution in [3.05, 3.63) is 54.1 Å². The number of carbonyl (C=O) groups is 1. The van der Waals surface area contributed by atoms with Gasteiger partial charge < -0.3 is 18.9 Å². The lowest BCUT2D eigenvalue weighted by molar-refractivity contribution is -0.109. The van der Waals surface area contributed by atoms with E-state index >= 15 is 0 Å². The number of aromatic nitrogens is 2. The number of fused-ring (bicyclic) bond motifs is 1. The zero-order chi connectivity index (χ0) is 17.2. The third-order valence-corrected chi connectivity index (χ3v) is 5.13. The predicted octanol–water partition coefficient (Wildman–Crippen LogP) is 2.01. The van der Waals surface area contributed by atoms with Crippen LogP contribution >= 0.6 is 0 Å². The molecule has 1 amide bonds. The SMILES string of the molecule is Cn1cccc1C(=O)N1CCO[C@H]2[C@@H](OCc3ccccn3)CC[C@@H]21. The molecule has 6 heteroatoms. The highest BCUT2D eigenvalue weighted by Gasteiger charge is 2.45. The van der Waals surface area contributed by atoms with Gasteiger partial charge in [-0.3, -0.25) is 9.78 Å². The Morgan fingerprint density at radius 1 is 1.32 bits per heavy atom. The summed E-state index contributed by atoms with van der Waals surface area (Å²) < 4.78 is 13.9. The van der Waals surface area contributed by atoms with Gasteiger partial charge in [-0.05, 0) is 37.1 Å². The van der Waals surface area contributed by atoms with Crippen LogP contribution in [0, 0.1) is 0 Å². The molecule has 0 bridgehead atoms. The molecule has 1 aliphatic heterocycles. The first kappa shape index (κ1) is 16.3. The maximum atomic E-state index is 12.9. The summed E-state index contributed by atoms with van der Waals surface area (Å²) in [5.41, 5.74) is 1.64. The van der Waals surface area contributed by atoms with E-state index in [2.05, 4.69) is 4.98 Å². The second kappa shape index (κ2) is 6.98. The molecule has 4 rings (SSSR count). The van der Waals surface area contributed by atoms with Crippen molar-refractivity contribution >= 4 is 5.91 Å². The van der Waals surface area contributed by atoms with Gasteiger partial charge in [0.25, 0.3) is 5.91 Å². The number of hydrogen-bond donors (Lipinski definition) is 0. The molecular formula is C19H23N3O3. The van der Waals surface area contributed by atoms with Crippen LogP contribution in [-0.4, -0.2) is 51.8 Å². The molecule has 2 aromatic rings. The molecular weight excluding hydrogens is 318 g/mol. The largest absolute Gasteiger partial charge is 0.372 e. The van der Waals surface area contributed by atoms with Crippen LogP contribution < -0.4 is 0 Å². The lowest BCUT2D eigenvalue weighted by atomic mass is 10.1. The van der Waals surface area contributed by atoms with Gasteiger partial charge in [-0.1, -0.05) is 6.07 Å². The minimum atomic E-state index is -0.0540. The highest BCUT2D eigenvalue weighted by atomic mass is 16.5. The maximum Gasteiger partial charge on any atom is 0.270 e. The third-order valence-electron chi connectivity index (χ3n) is 5.13. The van der Waals surface area contributed by atoms with E-state index in [0.29, 0.717) is 19.8 Å². The fraction of sp³-hybridized carbons (Fsp3) is 0.474. The normalized spacial score (nSPS) is 25.8. The van der Waals surface area contributed by atoms with Crippen LogP contribution in [0.3, 0.4) is 0 Å². The second-order valence-electron chi connectivity index (χ2n) is 6.65. The monoisotopic (exact) mass is 341 g/mol. The number of nitrogens with zero attached hydrogens (tertiary/aromatic N) is 3. The van der Waals surface area contributed by atoms with E-state index in [9.17, 15) is 4.79 Å². The molecule has 6 nitrogen and oxygen atoms in total. The van der Waals surface area contributed by atoms with Gasteiger partial charge in [-0.2, -0.15) is 0 Å². The summed E-state index contributed by atoms with van der Waals surface area (Å²) in [6.07, 6.45) is 5.44. The number of carbonyl (C=O) groups excluding carboxylic acids is 1. The Morgan fingerprint density at radius 2 is 2.24 bits per heavy atom. The molecule has 132 valence electrons. The van der Waals surface area contributed by atoms with Gasteiger partial charge in [0.05, 0.1) is 31.1 Å². The number of amides is 1. The van der Waals surface area contributed by atoms with Crippen LogP contribution in [0.25, 0.3) is 0 Å². The zero-order valence-electron chi connectivity index (χ0n) is 14.4. The third kappa shape index (κ3) is 3.19. The zero-order valence-corrected chi connectivity index (χ0v) is 14.4.